The Morgan fingerprint density at radius 3 is 3.00 bits per heavy atom. The van der Waals surface area contributed by atoms with Gasteiger partial charge < -0.3 is 5.73 Å². The maximum Gasteiger partial charge on any atom is 0.0349 e. The lowest BCUT2D eigenvalue weighted by Gasteiger charge is -2.16. The number of anilines is 1. The van der Waals surface area contributed by atoms with Crippen LogP contribution in [0.2, 0.25) is 0 Å². The number of hydrogen-bond acceptors (Lipinski definition) is 1. The quantitative estimate of drug-likeness (QED) is 0.558. The molecule has 1 aliphatic rings. The second-order valence-electron chi connectivity index (χ2n) is 3.01. The van der Waals surface area contributed by atoms with Gasteiger partial charge in [-0.05, 0) is 42.9 Å². The van der Waals surface area contributed by atoms with Crippen molar-refractivity contribution in [3.05, 3.63) is 35.7 Å². The lowest BCUT2D eigenvalue weighted by molar-refractivity contribution is 0.777. The van der Waals surface area contributed by atoms with Gasteiger partial charge >= 0.3 is 0 Å². The number of nitrogen functional groups attached to an aromatic ring is 1. The molecule has 1 aromatic rings. The highest BCUT2D eigenvalue weighted by molar-refractivity contribution is 5.54. The Bertz CT molecular complexity index is 266. The molecule has 0 bridgehead atoms. The van der Waals surface area contributed by atoms with Gasteiger partial charge in [0.25, 0.3) is 0 Å². The van der Waals surface area contributed by atoms with Crippen LogP contribution in [-0.4, -0.2) is 0 Å². The van der Waals surface area contributed by atoms with Gasteiger partial charge in [0.05, 0.1) is 0 Å². The maximum absolute atomic E-state index is 5.82. The summed E-state index contributed by atoms with van der Waals surface area (Å²) in [5.74, 6) is 0. The molecule has 0 aromatic heterocycles. The third-order valence-corrected chi connectivity index (χ3v) is 2.24. The minimum atomic E-state index is 0.957. The van der Waals surface area contributed by atoms with Crippen LogP contribution in [-0.2, 0) is 6.42 Å². The van der Waals surface area contributed by atoms with Crippen LogP contribution in [0.15, 0.2) is 18.2 Å². The molecule has 1 radical (unpaired) electrons. The number of hydrogen-bond donors (Lipinski definition) is 1. The smallest absolute Gasteiger partial charge is 0.0349 e. The van der Waals surface area contributed by atoms with Crippen molar-refractivity contribution in [3.8, 4) is 0 Å². The summed E-state index contributed by atoms with van der Waals surface area (Å²) in [6.07, 6.45) is 5.88. The normalized spacial score (nSPS) is 16.0. The van der Waals surface area contributed by atoms with Crippen LogP contribution >= 0.6 is 0 Å². The summed E-state index contributed by atoms with van der Waals surface area (Å²) in [4.78, 5) is 0. The highest BCUT2D eigenvalue weighted by Gasteiger charge is 2.10. The zero-order chi connectivity index (χ0) is 7.68. The molecule has 2 rings (SSSR count). The zero-order valence-electron chi connectivity index (χ0n) is 6.51. The van der Waals surface area contributed by atoms with Crippen molar-refractivity contribution in [2.75, 3.05) is 5.73 Å². The van der Waals surface area contributed by atoms with E-state index in [1.165, 1.54) is 24.0 Å². The topological polar surface area (TPSA) is 26.0 Å². The molecule has 0 saturated carbocycles. The predicted octanol–water partition coefficient (Wildman–Crippen LogP) is 2.16. The second-order valence-corrected chi connectivity index (χ2v) is 3.01. The molecule has 0 atom stereocenters. The molecule has 0 heterocycles. The van der Waals surface area contributed by atoms with Crippen molar-refractivity contribution in [2.24, 2.45) is 0 Å². The molecule has 1 heteroatoms. The molecular formula is C10H12N. The van der Waals surface area contributed by atoms with Gasteiger partial charge in [-0.3, -0.25) is 0 Å². The summed E-state index contributed by atoms with van der Waals surface area (Å²) in [5.41, 5.74) is 9.47. The molecule has 0 aliphatic heterocycles. The Balaban J connectivity index is 2.49. The molecule has 0 unspecified atom stereocenters. The van der Waals surface area contributed by atoms with Crippen LogP contribution in [0, 0.1) is 6.42 Å². The predicted molar refractivity (Wildman–Crippen MR) is 47.2 cm³/mol. The first kappa shape index (κ1) is 6.71. The van der Waals surface area contributed by atoms with E-state index in [-0.39, 0.29) is 0 Å². The molecule has 1 nitrogen and oxygen atoms in total. The number of benzene rings is 1. The van der Waals surface area contributed by atoms with Gasteiger partial charge in [-0.1, -0.05) is 12.1 Å². The number of fused-ring (bicyclic) bond motifs is 1. The van der Waals surface area contributed by atoms with Crippen molar-refractivity contribution < 1.29 is 0 Å². The maximum atomic E-state index is 5.82. The minimum absolute atomic E-state index is 0.957. The van der Waals surface area contributed by atoms with Crippen LogP contribution < -0.4 is 5.73 Å². The van der Waals surface area contributed by atoms with Crippen LogP contribution in [0.3, 0.4) is 0 Å². The first-order chi connectivity index (χ1) is 5.38. The van der Waals surface area contributed by atoms with Crippen LogP contribution in [0.4, 0.5) is 5.69 Å². The average Bonchev–Trinajstić information content (AvgIpc) is 2.06. The van der Waals surface area contributed by atoms with Gasteiger partial charge in [-0.2, -0.15) is 0 Å². The Morgan fingerprint density at radius 2 is 2.18 bits per heavy atom. The summed E-state index contributed by atoms with van der Waals surface area (Å²) in [6.45, 7) is 0. The third kappa shape index (κ3) is 1.11. The summed E-state index contributed by atoms with van der Waals surface area (Å²) >= 11 is 0. The highest BCUT2D eigenvalue weighted by atomic mass is 14.6. The molecule has 0 fully saturated rings. The van der Waals surface area contributed by atoms with Gasteiger partial charge in [0, 0.05) is 5.69 Å². The molecular weight excluding hydrogens is 134 g/mol. The van der Waals surface area contributed by atoms with E-state index in [0.717, 1.165) is 12.1 Å². The van der Waals surface area contributed by atoms with Crippen molar-refractivity contribution in [3.63, 3.8) is 0 Å². The zero-order valence-corrected chi connectivity index (χ0v) is 6.51. The largest absolute Gasteiger partial charge is 0.398 e. The van der Waals surface area contributed by atoms with E-state index < -0.39 is 0 Å². The van der Waals surface area contributed by atoms with Crippen LogP contribution in [0.1, 0.15) is 24.0 Å². The fraction of sp³-hybridized carbons (Fsp3) is 0.300. The lowest BCUT2D eigenvalue weighted by Crippen LogP contribution is -2.04. The molecule has 11 heavy (non-hydrogen) atoms. The number of rotatable bonds is 0. The molecule has 0 spiro atoms. The molecule has 0 amide bonds. The van der Waals surface area contributed by atoms with E-state index in [1.807, 2.05) is 12.1 Å². The SMILES string of the molecule is Nc1cccc2c1CCC[CH]2. The fourth-order valence-corrected chi connectivity index (χ4v) is 1.64. The standard InChI is InChI=1S/C10H12N/c11-10-7-3-5-8-4-1-2-6-9(8)10/h3-5,7H,1-2,6,11H2. The average molecular weight is 146 g/mol. The van der Waals surface area contributed by atoms with E-state index in [0.29, 0.717) is 0 Å². The van der Waals surface area contributed by atoms with Crippen molar-refractivity contribution in [2.45, 2.75) is 19.3 Å². The lowest BCUT2D eigenvalue weighted by atomic mass is 9.91. The molecule has 2 N–H and O–H groups in total. The van der Waals surface area contributed by atoms with Gasteiger partial charge in [0.15, 0.2) is 0 Å². The number of nitrogens with two attached hydrogens (primary N) is 1. The fourth-order valence-electron chi connectivity index (χ4n) is 1.64. The van der Waals surface area contributed by atoms with Crippen molar-refractivity contribution in [1.29, 1.82) is 0 Å². The third-order valence-electron chi connectivity index (χ3n) is 2.24. The molecule has 1 aromatic carbocycles. The molecule has 0 saturated heterocycles. The highest BCUT2D eigenvalue weighted by Crippen LogP contribution is 2.26. The van der Waals surface area contributed by atoms with Crippen molar-refractivity contribution in [1.82, 2.24) is 0 Å². The second kappa shape index (κ2) is 2.57. The Labute approximate surface area is 67.2 Å². The van der Waals surface area contributed by atoms with Gasteiger partial charge in [0.1, 0.15) is 0 Å². The monoisotopic (exact) mass is 146 g/mol. The van der Waals surface area contributed by atoms with Gasteiger partial charge in [-0.25, -0.2) is 0 Å². The van der Waals surface area contributed by atoms with E-state index in [4.69, 9.17) is 5.73 Å². The van der Waals surface area contributed by atoms with Crippen molar-refractivity contribution >= 4 is 5.69 Å². The summed E-state index contributed by atoms with van der Waals surface area (Å²) in [6, 6.07) is 6.15. The first-order valence-corrected chi connectivity index (χ1v) is 4.08. The van der Waals surface area contributed by atoms with Crippen LogP contribution in [0.25, 0.3) is 0 Å². The Hall–Kier alpha value is -0.980. The van der Waals surface area contributed by atoms with E-state index in [2.05, 4.69) is 12.5 Å². The summed E-state index contributed by atoms with van der Waals surface area (Å²) in [5, 5.41) is 0. The summed E-state index contributed by atoms with van der Waals surface area (Å²) in [7, 11) is 0. The minimum Gasteiger partial charge on any atom is -0.398 e. The van der Waals surface area contributed by atoms with Gasteiger partial charge in [0.2, 0.25) is 0 Å². The molecule has 57 valence electrons. The van der Waals surface area contributed by atoms with E-state index in [1.54, 1.807) is 0 Å². The van der Waals surface area contributed by atoms with E-state index in [9.17, 15) is 0 Å². The van der Waals surface area contributed by atoms with Crippen LogP contribution in [0.5, 0.6) is 0 Å². The molecule has 1 aliphatic carbocycles. The van der Waals surface area contributed by atoms with Gasteiger partial charge in [-0.15, -0.1) is 0 Å². The Kier molecular flexibility index (Phi) is 1.57. The first-order valence-electron chi connectivity index (χ1n) is 4.08. The summed E-state index contributed by atoms with van der Waals surface area (Å²) < 4.78 is 0. The van der Waals surface area contributed by atoms with E-state index >= 15 is 0 Å². The Morgan fingerprint density at radius 1 is 1.27 bits per heavy atom.